The monoisotopic (exact) mass is 196 g/mol. The number of hydrogen-bond acceptors (Lipinski definition) is 4. The number of ether oxygens (including phenoxy) is 1. The zero-order valence-corrected chi connectivity index (χ0v) is 8.56. The van der Waals surface area contributed by atoms with Gasteiger partial charge in [0.25, 0.3) is 10.1 Å². The minimum absolute atomic E-state index is 0.535. The maximum Gasteiger partial charge on any atom is 0.266 e. The molecule has 0 aromatic rings. The first-order chi connectivity index (χ1) is 5.45. The highest BCUT2D eigenvalue weighted by Gasteiger charge is 2.09. The van der Waals surface area contributed by atoms with Crippen LogP contribution in [0.3, 0.4) is 0 Å². The van der Waals surface area contributed by atoms with E-state index in [1.807, 2.05) is 6.92 Å². The summed E-state index contributed by atoms with van der Waals surface area (Å²) in [4.78, 5) is 0. The fraction of sp³-hybridized carbons (Fsp3) is 1.00. The lowest BCUT2D eigenvalue weighted by atomic mass is 10.4. The zero-order valence-electron chi connectivity index (χ0n) is 7.74. The van der Waals surface area contributed by atoms with Gasteiger partial charge in [-0.15, -0.1) is 0 Å². The molecule has 12 heavy (non-hydrogen) atoms. The van der Waals surface area contributed by atoms with Gasteiger partial charge in [-0.25, -0.2) is 4.18 Å². The molecule has 0 fully saturated rings. The second kappa shape index (κ2) is 5.50. The van der Waals surface area contributed by atoms with E-state index < -0.39 is 16.4 Å². The molecule has 0 aromatic carbocycles. The van der Waals surface area contributed by atoms with E-state index in [-0.39, 0.29) is 0 Å². The van der Waals surface area contributed by atoms with E-state index in [2.05, 4.69) is 4.18 Å². The van der Waals surface area contributed by atoms with Crippen LogP contribution in [0.25, 0.3) is 0 Å². The summed E-state index contributed by atoms with van der Waals surface area (Å²) < 4.78 is 30.7. The molecule has 74 valence electrons. The lowest BCUT2D eigenvalue weighted by Gasteiger charge is -2.11. The molecule has 0 aromatic heterocycles. The van der Waals surface area contributed by atoms with Gasteiger partial charge in [0.15, 0.2) is 6.29 Å². The van der Waals surface area contributed by atoms with Crippen LogP contribution in [-0.2, 0) is 19.0 Å². The average molecular weight is 196 g/mol. The van der Waals surface area contributed by atoms with Gasteiger partial charge in [0.2, 0.25) is 0 Å². The Hall–Kier alpha value is -0.130. The molecule has 0 aliphatic rings. The van der Waals surface area contributed by atoms with Crippen molar-refractivity contribution >= 4 is 10.1 Å². The minimum Gasteiger partial charge on any atom is -0.352 e. The third-order valence-corrected chi connectivity index (χ3v) is 1.78. The number of unbranched alkanes of at least 4 members (excludes halogenated alkanes) is 1. The van der Waals surface area contributed by atoms with Crippen LogP contribution in [0, 0.1) is 0 Å². The summed E-state index contributed by atoms with van der Waals surface area (Å²) in [6.07, 6.45) is 2.27. The van der Waals surface area contributed by atoms with E-state index in [4.69, 9.17) is 4.74 Å². The van der Waals surface area contributed by atoms with Crippen LogP contribution in [-0.4, -0.2) is 27.6 Å². The third-order valence-electron chi connectivity index (χ3n) is 1.16. The van der Waals surface area contributed by atoms with E-state index in [0.717, 1.165) is 19.1 Å². The Morgan fingerprint density at radius 3 is 2.42 bits per heavy atom. The van der Waals surface area contributed by atoms with Crippen LogP contribution in [0.5, 0.6) is 0 Å². The first kappa shape index (κ1) is 11.9. The normalized spacial score (nSPS) is 14.6. The van der Waals surface area contributed by atoms with Gasteiger partial charge >= 0.3 is 0 Å². The molecule has 0 aliphatic carbocycles. The van der Waals surface area contributed by atoms with Crippen molar-refractivity contribution in [3.63, 3.8) is 0 Å². The van der Waals surface area contributed by atoms with E-state index >= 15 is 0 Å². The molecule has 4 nitrogen and oxygen atoms in total. The van der Waals surface area contributed by atoms with Crippen molar-refractivity contribution in [3.05, 3.63) is 0 Å². The highest BCUT2D eigenvalue weighted by Crippen LogP contribution is 2.00. The first-order valence-electron chi connectivity index (χ1n) is 3.95. The standard InChI is InChI=1S/C7H16O4S/c1-4-5-6-10-7(2)11-12(3,8)9/h7H,4-6H2,1-3H3. The molecule has 1 atom stereocenters. The van der Waals surface area contributed by atoms with Crippen LogP contribution >= 0.6 is 0 Å². The zero-order chi connectivity index (χ0) is 9.61. The average Bonchev–Trinajstić information content (AvgIpc) is 1.84. The second-order valence-corrected chi connectivity index (χ2v) is 4.19. The van der Waals surface area contributed by atoms with Crippen molar-refractivity contribution in [3.8, 4) is 0 Å². The summed E-state index contributed by atoms with van der Waals surface area (Å²) in [6.45, 7) is 4.13. The van der Waals surface area contributed by atoms with Gasteiger partial charge in [-0.2, -0.15) is 8.42 Å². The van der Waals surface area contributed by atoms with E-state index in [9.17, 15) is 8.42 Å². The molecular formula is C7H16O4S. The Morgan fingerprint density at radius 2 is 2.00 bits per heavy atom. The smallest absolute Gasteiger partial charge is 0.266 e. The van der Waals surface area contributed by atoms with E-state index in [1.165, 1.54) is 0 Å². The van der Waals surface area contributed by atoms with Crippen molar-refractivity contribution in [1.82, 2.24) is 0 Å². The number of hydrogen-bond donors (Lipinski definition) is 0. The van der Waals surface area contributed by atoms with Crippen molar-refractivity contribution < 1.29 is 17.3 Å². The summed E-state index contributed by atoms with van der Waals surface area (Å²) in [7, 11) is -3.39. The lowest BCUT2D eigenvalue weighted by Crippen LogP contribution is -2.17. The number of rotatable bonds is 6. The summed E-state index contributed by atoms with van der Waals surface area (Å²) in [5.41, 5.74) is 0. The van der Waals surface area contributed by atoms with E-state index in [1.54, 1.807) is 6.92 Å². The van der Waals surface area contributed by atoms with E-state index in [0.29, 0.717) is 6.61 Å². The van der Waals surface area contributed by atoms with Gasteiger partial charge in [0.05, 0.1) is 6.26 Å². The minimum atomic E-state index is -3.39. The molecule has 1 unspecified atom stereocenters. The van der Waals surface area contributed by atoms with Gasteiger partial charge in [-0.1, -0.05) is 13.3 Å². The molecule has 0 saturated carbocycles. The molecule has 0 bridgehead atoms. The Balaban J connectivity index is 3.53. The van der Waals surface area contributed by atoms with Gasteiger partial charge in [0.1, 0.15) is 0 Å². The maximum absolute atomic E-state index is 10.6. The SMILES string of the molecule is CCCCOC(C)OS(C)(=O)=O. The summed E-state index contributed by atoms with van der Waals surface area (Å²) in [5.74, 6) is 0. The molecule has 0 N–H and O–H groups in total. The molecule has 0 rings (SSSR count). The summed E-state index contributed by atoms with van der Waals surface area (Å²) >= 11 is 0. The summed E-state index contributed by atoms with van der Waals surface area (Å²) in [6, 6.07) is 0. The third kappa shape index (κ3) is 7.97. The van der Waals surface area contributed by atoms with Crippen LogP contribution in [0.15, 0.2) is 0 Å². The van der Waals surface area contributed by atoms with Crippen molar-refractivity contribution in [2.45, 2.75) is 33.0 Å². The molecule has 0 saturated heterocycles. The van der Waals surface area contributed by atoms with Gasteiger partial charge in [-0.3, -0.25) is 0 Å². The first-order valence-corrected chi connectivity index (χ1v) is 5.77. The van der Waals surface area contributed by atoms with Crippen molar-refractivity contribution in [2.24, 2.45) is 0 Å². The molecule has 0 amide bonds. The Labute approximate surface area is 74.0 Å². The fourth-order valence-corrected chi connectivity index (χ4v) is 1.22. The predicted molar refractivity (Wildman–Crippen MR) is 46.3 cm³/mol. The molecular weight excluding hydrogens is 180 g/mol. The van der Waals surface area contributed by atoms with Gasteiger partial charge in [-0.05, 0) is 13.3 Å². The molecule has 0 spiro atoms. The second-order valence-electron chi connectivity index (χ2n) is 2.59. The predicted octanol–water partition coefficient (Wildman–Crippen LogP) is 1.13. The molecule has 5 heteroatoms. The van der Waals surface area contributed by atoms with Crippen LogP contribution in [0.1, 0.15) is 26.7 Å². The Morgan fingerprint density at radius 1 is 1.42 bits per heavy atom. The maximum atomic E-state index is 10.6. The quantitative estimate of drug-likeness (QED) is 0.363. The van der Waals surface area contributed by atoms with Crippen molar-refractivity contribution in [1.29, 1.82) is 0 Å². The van der Waals surface area contributed by atoms with Crippen LogP contribution in [0.4, 0.5) is 0 Å². The lowest BCUT2D eigenvalue weighted by molar-refractivity contribution is -0.0629. The van der Waals surface area contributed by atoms with Crippen molar-refractivity contribution in [2.75, 3.05) is 12.9 Å². The highest BCUT2D eigenvalue weighted by molar-refractivity contribution is 7.86. The topological polar surface area (TPSA) is 52.6 Å². The summed E-state index contributed by atoms with van der Waals surface area (Å²) in [5, 5.41) is 0. The van der Waals surface area contributed by atoms with Gasteiger partial charge in [0, 0.05) is 6.61 Å². The Kier molecular flexibility index (Phi) is 5.44. The fourth-order valence-electron chi connectivity index (χ4n) is 0.668. The highest BCUT2D eigenvalue weighted by atomic mass is 32.2. The molecule has 0 heterocycles. The van der Waals surface area contributed by atoms with Crippen LogP contribution < -0.4 is 0 Å². The Bertz CT molecular complexity index is 197. The van der Waals surface area contributed by atoms with Gasteiger partial charge < -0.3 is 4.74 Å². The molecule has 0 radical (unpaired) electrons. The largest absolute Gasteiger partial charge is 0.352 e. The molecule has 0 aliphatic heterocycles. The van der Waals surface area contributed by atoms with Crippen LogP contribution in [0.2, 0.25) is 0 Å².